The quantitative estimate of drug-likeness (QED) is 0.408. The Morgan fingerprint density at radius 1 is 1.12 bits per heavy atom. The van der Waals surface area contributed by atoms with E-state index in [4.69, 9.17) is 0 Å². The van der Waals surface area contributed by atoms with Crippen LogP contribution in [0.2, 0.25) is 0 Å². The molecule has 0 aliphatic rings. The van der Waals surface area contributed by atoms with Gasteiger partial charge in [-0.25, -0.2) is 4.68 Å². The molecule has 3 rings (SSSR count). The van der Waals surface area contributed by atoms with Crippen molar-refractivity contribution in [3.63, 3.8) is 0 Å². The number of nitrogens with one attached hydrogen (secondary N) is 2. The molecule has 0 radical (unpaired) electrons. The normalized spacial score (nSPS) is 10.8. The Hall–Kier alpha value is -3.80. The second-order valence-electron chi connectivity index (χ2n) is 7.11. The van der Waals surface area contributed by atoms with Gasteiger partial charge in [-0.15, -0.1) is 5.10 Å². The second kappa shape index (κ2) is 9.56. The lowest BCUT2D eigenvalue weighted by atomic mass is 9.96. The van der Waals surface area contributed by atoms with Crippen LogP contribution in [-0.2, 0) is 7.05 Å². The fourth-order valence-corrected chi connectivity index (χ4v) is 3.81. The highest BCUT2D eigenvalue weighted by atomic mass is 32.2. The lowest BCUT2D eigenvalue weighted by molar-refractivity contribution is -0.384. The van der Waals surface area contributed by atoms with Crippen LogP contribution in [0, 0.1) is 10.1 Å². The average molecular weight is 456 g/mol. The van der Waals surface area contributed by atoms with E-state index in [0.717, 1.165) is 17.3 Å². The van der Waals surface area contributed by atoms with Crippen LogP contribution >= 0.6 is 11.8 Å². The predicted molar refractivity (Wildman–Crippen MR) is 118 cm³/mol. The van der Waals surface area contributed by atoms with Crippen LogP contribution in [-0.4, -0.2) is 44.0 Å². The summed E-state index contributed by atoms with van der Waals surface area (Å²) in [5.74, 6) is -0.732. The van der Waals surface area contributed by atoms with E-state index in [2.05, 4.69) is 26.2 Å². The van der Waals surface area contributed by atoms with Crippen molar-refractivity contribution in [3.05, 3.63) is 63.2 Å². The van der Waals surface area contributed by atoms with Crippen molar-refractivity contribution >= 4 is 35.0 Å². The number of nitrogens with zero attached hydrogens (tertiary/aromatic N) is 5. The first kappa shape index (κ1) is 22.9. The highest BCUT2D eigenvalue weighted by molar-refractivity contribution is 7.99. The first-order valence-electron chi connectivity index (χ1n) is 9.57. The Balaban J connectivity index is 1.97. The van der Waals surface area contributed by atoms with Gasteiger partial charge in [0, 0.05) is 42.4 Å². The summed E-state index contributed by atoms with van der Waals surface area (Å²) in [6.45, 7) is 3.93. The number of carbonyl (C=O) groups is 2. The van der Waals surface area contributed by atoms with Gasteiger partial charge in [-0.1, -0.05) is 19.9 Å². The van der Waals surface area contributed by atoms with E-state index in [-0.39, 0.29) is 23.1 Å². The third-order valence-corrected chi connectivity index (χ3v) is 5.71. The summed E-state index contributed by atoms with van der Waals surface area (Å²) in [6, 6.07) is 9.04. The number of anilines is 1. The largest absolute Gasteiger partial charge is 0.355 e. The lowest BCUT2D eigenvalue weighted by Gasteiger charge is -2.15. The number of benzene rings is 2. The summed E-state index contributed by atoms with van der Waals surface area (Å²) in [7, 11) is 3.18. The van der Waals surface area contributed by atoms with Crippen LogP contribution in [0.1, 0.15) is 46.0 Å². The molecule has 0 atom stereocenters. The maximum absolute atomic E-state index is 13.1. The summed E-state index contributed by atoms with van der Waals surface area (Å²) in [6.07, 6.45) is 0. The van der Waals surface area contributed by atoms with E-state index in [1.807, 2.05) is 13.8 Å². The Bertz CT molecular complexity index is 1190. The van der Waals surface area contributed by atoms with Gasteiger partial charge >= 0.3 is 0 Å². The molecule has 0 spiro atoms. The summed E-state index contributed by atoms with van der Waals surface area (Å²) in [5, 5.41) is 28.2. The van der Waals surface area contributed by atoms with Crippen LogP contribution < -0.4 is 10.6 Å². The Labute approximate surface area is 187 Å². The number of rotatable bonds is 7. The van der Waals surface area contributed by atoms with Crippen LogP contribution in [0.5, 0.6) is 0 Å². The average Bonchev–Trinajstić information content (AvgIpc) is 3.17. The van der Waals surface area contributed by atoms with Crippen LogP contribution in [0.25, 0.3) is 0 Å². The van der Waals surface area contributed by atoms with Gasteiger partial charge in [0.1, 0.15) is 0 Å². The summed E-state index contributed by atoms with van der Waals surface area (Å²) in [4.78, 5) is 36.5. The highest BCUT2D eigenvalue weighted by Crippen LogP contribution is 2.32. The number of amides is 2. The van der Waals surface area contributed by atoms with Gasteiger partial charge in [-0.2, -0.15) is 0 Å². The van der Waals surface area contributed by atoms with Crippen molar-refractivity contribution in [3.8, 4) is 0 Å². The summed E-state index contributed by atoms with van der Waals surface area (Å²) >= 11 is 1.10. The van der Waals surface area contributed by atoms with Crippen molar-refractivity contribution in [2.24, 2.45) is 7.05 Å². The smallest absolute Gasteiger partial charge is 0.270 e. The molecule has 0 fully saturated rings. The number of carbonyl (C=O) groups excluding carboxylic acids is 2. The number of hydrogen-bond donors (Lipinski definition) is 2. The number of nitro benzene ring substituents is 1. The van der Waals surface area contributed by atoms with Crippen LogP contribution in [0.4, 0.5) is 11.4 Å². The van der Waals surface area contributed by atoms with Gasteiger partial charge in [0.2, 0.25) is 5.16 Å². The maximum Gasteiger partial charge on any atom is 0.270 e. The molecule has 32 heavy (non-hydrogen) atoms. The minimum atomic E-state index is -0.573. The van der Waals surface area contributed by atoms with Gasteiger partial charge in [0.15, 0.2) is 0 Å². The molecule has 11 nitrogen and oxygen atoms in total. The molecule has 166 valence electrons. The SMILES string of the molecule is CNC(=O)c1cc(NC(=O)c2cc([N+](=O)[O-])ccc2Sc2nnnn2C)ccc1C(C)C. The van der Waals surface area contributed by atoms with Crippen molar-refractivity contribution < 1.29 is 14.5 Å². The van der Waals surface area contributed by atoms with E-state index in [9.17, 15) is 19.7 Å². The third kappa shape index (κ3) is 4.91. The molecule has 2 amide bonds. The molecule has 3 aromatic rings. The van der Waals surface area contributed by atoms with E-state index in [0.29, 0.717) is 21.3 Å². The van der Waals surface area contributed by atoms with E-state index < -0.39 is 10.8 Å². The highest BCUT2D eigenvalue weighted by Gasteiger charge is 2.21. The number of hydrogen-bond acceptors (Lipinski definition) is 8. The second-order valence-corrected chi connectivity index (χ2v) is 8.12. The van der Waals surface area contributed by atoms with Crippen LogP contribution in [0.3, 0.4) is 0 Å². The first-order chi connectivity index (χ1) is 15.2. The Kier molecular flexibility index (Phi) is 6.83. The molecule has 0 aliphatic carbocycles. The minimum absolute atomic E-state index is 0.0848. The fourth-order valence-electron chi connectivity index (χ4n) is 2.97. The molecule has 0 saturated heterocycles. The maximum atomic E-state index is 13.1. The zero-order chi connectivity index (χ0) is 23.4. The molecule has 12 heteroatoms. The standard InChI is InChI=1S/C20H21N7O4S/c1-11(2)14-7-5-12(9-15(14)18(28)21-3)22-19(29)16-10-13(27(30)31)6-8-17(16)32-20-23-24-25-26(20)4/h5-11H,1-4H3,(H,21,28)(H,22,29). The molecular formula is C20H21N7O4S. The van der Waals surface area contributed by atoms with Crippen molar-refractivity contribution in [2.75, 3.05) is 12.4 Å². The number of nitro groups is 1. The number of non-ortho nitro benzene ring substituents is 1. The molecule has 1 aromatic heterocycles. The molecule has 2 aromatic carbocycles. The fraction of sp³-hybridized carbons (Fsp3) is 0.250. The van der Waals surface area contributed by atoms with E-state index >= 15 is 0 Å². The van der Waals surface area contributed by atoms with Gasteiger partial charge in [0.25, 0.3) is 17.5 Å². The molecule has 0 aliphatic heterocycles. The first-order valence-corrected chi connectivity index (χ1v) is 10.4. The molecule has 0 bridgehead atoms. The molecule has 0 unspecified atom stereocenters. The predicted octanol–water partition coefficient (Wildman–Crippen LogP) is 3.00. The van der Waals surface area contributed by atoms with E-state index in [1.54, 1.807) is 25.2 Å². The molecule has 1 heterocycles. The topological polar surface area (TPSA) is 145 Å². The van der Waals surface area contributed by atoms with Crippen molar-refractivity contribution in [1.29, 1.82) is 0 Å². The molecule has 0 saturated carbocycles. The minimum Gasteiger partial charge on any atom is -0.355 e. The Morgan fingerprint density at radius 2 is 1.88 bits per heavy atom. The van der Waals surface area contributed by atoms with E-state index in [1.165, 1.54) is 29.9 Å². The number of aromatic nitrogens is 4. The Morgan fingerprint density at radius 3 is 2.47 bits per heavy atom. The zero-order valence-corrected chi connectivity index (χ0v) is 18.6. The third-order valence-electron chi connectivity index (χ3n) is 4.61. The molecule has 2 N–H and O–H groups in total. The zero-order valence-electron chi connectivity index (χ0n) is 17.8. The van der Waals surface area contributed by atoms with Crippen LogP contribution in [0.15, 0.2) is 46.5 Å². The monoisotopic (exact) mass is 455 g/mol. The van der Waals surface area contributed by atoms with Gasteiger partial charge < -0.3 is 10.6 Å². The van der Waals surface area contributed by atoms with Gasteiger partial charge in [-0.3, -0.25) is 19.7 Å². The number of aryl methyl sites for hydroxylation is 1. The van der Waals surface area contributed by atoms with Crippen molar-refractivity contribution in [1.82, 2.24) is 25.5 Å². The summed E-state index contributed by atoms with van der Waals surface area (Å²) in [5.41, 5.74) is 1.53. The molecular weight excluding hydrogens is 434 g/mol. The number of tetrazole rings is 1. The van der Waals surface area contributed by atoms with Gasteiger partial charge in [-0.05, 0) is 51.9 Å². The summed E-state index contributed by atoms with van der Waals surface area (Å²) < 4.78 is 1.42. The lowest BCUT2D eigenvalue weighted by Crippen LogP contribution is -2.21. The van der Waals surface area contributed by atoms with Crippen molar-refractivity contribution in [2.45, 2.75) is 29.8 Å². The van der Waals surface area contributed by atoms with Gasteiger partial charge in [0.05, 0.1) is 10.5 Å².